The van der Waals surface area contributed by atoms with Gasteiger partial charge >= 0.3 is 0 Å². The molecule has 1 amide bonds. The van der Waals surface area contributed by atoms with Gasteiger partial charge in [0.05, 0.1) is 0 Å². The average Bonchev–Trinajstić information content (AvgIpc) is 2.58. The quantitative estimate of drug-likeness (QED) is 0.599. The summed E-state index contributed by atoms with van der Waals surface area (Å²) in [7, 11) is 0. The molecule has 2 rings (SSSR count). The van der Waals surface area contributed by atoms with Crippen LogP contribution >= 0.6 is 0 Å². The van der Waals surface area contributed by atoms with E-state index in [1.807, 2.05) is 11.8 Å². The summed E-state index contributed by atoms with van der Waals surface area (Å²) >= 11 is 0. The van der Waals surface area contributed by atoms with Gasteiger partial charge in [0.2, 0.25) is 5.91 Å². The van der Waals surface area contributed by atoms with Crippen LogP contribution in [-0.4, -0.2) is 29.9 Å². The van der Waals surface area contributed by atoms with Gasteiger partial charge in [-0.3, -0.25) is 4.79 Å². The van der Waals surface area contributed by atoms with E-state index in [0.717, 1.165) is 19.5 Å². The molecule has 0 aromatic rings. The highest BCUT2D eigenvalue weighted by Gasteiger charge is 2.51. The maximum atomic E-state index is 11.4. The molecule has 0 spiro atoms. The van der Waals surface area contributed by atoms with Crippen molar-refractivity contribution in [1.29, 1.82) is 0 Å². The summed E-state index contributed by atoms with van der Waals surface area (Å²) in [6.45, 7) is 3.65. The molecular weight excluding hydrogens is 140 g/mol. The molecule has 1 aliphatic carbocycles. The highest BCUT2D eigenvalue weighted by atomic mass is 16.2. The highest BCUT2D eigenvalue weighted by Crippen LogP contribution is 2.45. The Labute approximate surface area is 66.5 Å². The summed E-state index contributed by atoms with van der Waals surface area (Å²) in [6, 6.07) is 0.122. The zero-order chi connectivity index (χ0) is 8.01. The summed E-state index contributed by atoms with van der Waals surface area (Å²) < 4.78 is 0. The number of carbonyl (C=O) groups is 1. The van der Waals surface area contributed by atoms with Crippen LogP contribution in [0.1, 0.15) is 13.3 Å². The SMILES string of the molecule is CC(N)CN1CC2CC2C1=O. The Morgan fingerprint density at radius 2 is 2.55 bits per heavy atom. The summed E-state index contributed by atoms with van der Waals surface area (Å²) in [5.41, 5.74) is 5.60. The van der Waals surface area contributed by atoms with Gasteiger partial charge in [-0.25, -0.2) is 0 Å². The fourth-order valence-electron chi connectivity index (χ4n) is 1.87. The van der Waals surface area contributed by atoms with E-state index in [0.29, 0.717) is 17.7 Å². The normalized spacial score (nSPS) is 37.3. The number of fused-ring (bicyclic) bond motifs is 1. The first kappa shape index (κ1) is 7.10. The molecule has 2 fully saturated rings. The van der Waals surface area contributed by atoms with E-state index in [9.17, 15) is 4.79 Å². The number of nitrogens with two attached hydrogens (primary N) is 1. The summed E-state index contributed by atoms with van der Waals surface area (Å²) in [4.78, 5) is 13.3. The van der Waals surface area contributed by atoms with E-state index >= 15 is 0 Å². The molecule has 3 atom stereocenters. The monoisotopic (exact) mass is 154 g/mol. The van der Waals surface area contributed by atoms with Crippen molar-refractivity contribution in [3.05, 3.63) is 0 Å². The van der Waals surface area contributed by atoms with Crippen LogP contribution < -0.4 is 5.73 Å². The van der Waals surface area contributed by atoms with Crippen molar-refractivity contribution >= 4 is 5.91 Å². The fraction of sp³-hybridized carbons (Fsp3) is 0.875. The Bertz CT molecular complexity index is 191. The molecule has 0 radical (unpaired) electrons. The second-order valence-corrected chi connectivity index (χ2v) is 3.82. The standard InChI is InChI=1S/C8H14N2O/c1-5(9)3-10-4-6-2-7(6)8(10)11/h5-7H,2-4,9H2,1H3. The van der Waals surface area contributed by atoms with Gasteiger partial charge in [-0.15, -0.1) is 0 Å². The third kappa shape index (κ3) is 1.13. The van der Waals surface area contributed by atoms with E-state index in [1.54, 1.807) is 0 Å². The minimum atomic E-state index is 0.122. The lowest BCUT2D eigenvalue weighted by molar-refractivity contribution is -0.130. The van der Waals surface area contributed by atoms with Gasteiger partial charge < -0.3 is 10.6 Å². The summed E-state index contributed by atoms with van der Waals surface area (Å²) in [5, 5.41) is 0. The number of carbonyl (C=O) groups excluding carboxylic acids is 1. The lowest BCUT2D eigenvalue weighted by Crippen LogP contribution is -2.38. The number of piperidine rings is 1. The predicted octanol–water partition coefficient (Wildman–Crippen LogP) is -0.188. The van der Waals surface area contributed by atoms with Crippen molar-refractivity contribution < 1.29 is 4.79 Å². The molecular formula is C8H14N2O. The smallest absolute Gasteiger partial charge is 0.226 e. The van der Waals surface area contributed by atoms with Crippen LogP contribution in [0.4, 0.5) is 0 Å². The molecule has 1 aliphatic heterocycles. The second-order valence-electron chi connectivity index (χ2n) is 3.82. The van der Waals surface area contributed by atoms with Gasteiger partial charge in [0.25, 0.3) is 0 Å². The summed E-state index contributed by atoms with van der Waals surface area (Å²) in [5.74, 6) is 1.40. The van der Waals surface area contributed by atoms with E-state index in [2.05, 4.69) is 0 Å². The molecule has 1 heterocycles. The fourth-order valence-corrected chi connectivity index (χ4v) is 1.87. The first-order valence-corrected chi connectivity index (χ1v) is 4.23. The van der Waals surface area contributed by atoms with Gasteiger partial charge in [0, 0.05) is 25.0 Å². The highest BCUT2D eigenvalue weighted by molar-refractivity contribution is 5.84. The third-order valence-electron chi connectivity index (χ3n) is 2.51. The largest absolute Gasteiger partial charge is 0.341 e. The predicted molar refractivity (Wildman–Crippen MR) is 41.8 cm³/mol. The number of amides is 1. The van der Waals surface area contributed by atoms with Crippen LogP contribution in [0.5, 0.6) is 0 Å². The van der Waals surface area contributed by atoms with Crippen LogP contribution in [0.25, 0.3) is 0 Å². The van der Waals surface area contributed by atoms with Crippen molar-refractivity contribution in [3.63, 3.8) is 0 Å². The van der Waals surface area contributed by atoms with Gasteiger partial charge in [-0.2, -0.15) is 0 Å². The van der Waals surface area contributed by atoms with Crippen LogP contribution in [-0.2, 0) is 4.79 Å². The lowest BCUT2D eigenvalue weighted by Gasteiger charge is -2.19. The minimum Gasteiger partial charge on any atom is -0.341 e. The van der Waals surface area contributed by atoms with Gasteiger partial charge in [-0.1, -0.05) is 0 Å². The Hall–Kier alpha value is -0.570. The first-order valence-electron chi connectivity index (χ1n) is 4.23. The number of hydrogen-bond donors (Lipinski definition) is 1. The molecule has 3 unspecified atom stereocenters. The molecule has 1 saturated carbocycles. The van der Waals surface area contributed by atoms with Crippen LogP contribution in [0, 0.1) is 11.8 Å². The Balaban J connectivity index is 1.92. The van der Waals surface area contributed by atoms with Crippen molar-refractivity contribution in [2.24, 2.45) is 17.6 Å². The molecule has 3 heteroatoms. The minimum absolute atomic E-state index is 0.122. The van der Waals surface area contributed by atoms with Crippen molar-refractivity contribution in [1.82, 2.24) is 4.90 Å². The van der Waals surface area contributed by atoms with E-state index in [4.69, 9.17) is 5.73 Å². The maximum absolute atomic E-state index is 11.4. The topological polar surface area (TPSA) is 46.3 Å². The van der Waals surface area contributed by atoms with Crippen LogP contribution in [0.2, 0.25) is 0 Å². The maximum Gasteiger partial charge on any atom is 0.226 e. The van der Waals surface area contributed by atoms with Crippen LogP contribution in [0.15, 0.2) is 0 Å². The van der Waals surface area contributed by atoms with E-state index in [-0.39, 0.29) is 6.04 Å². The zero-order valence-electron chi connectivity index (χ0n) is 6.79. The number of likely N-dealkylation sites (tertiary alicyclic amines) is 1. The third-order valence-corrected chi connectivity index (χ3v) is 2.51. The molecule has 0 aromatic carbocycles. The van der Waals surface area contributed by atoms with E-state index in [1.165, 1.54) is 0 Å². The van der Waals surface area contributed by atoms with Gasteiger partial charge in [-0.05, 0) is 19.3 Å². The Morgan fingerprint density at radius 1 is 1.82 bits per heavy atom. The van der Waals surface area contributed by atoms with Gasteiger partial charge in [0.15, 0.2) is 0 Å². The number of nitrogens with zero attached hydrogens (tertiary/aromatic N) is 1. The molecule has 0 aromatic heterocycles. The molecule has 0 bridgehead atoms. The average molecular weight is 154 g/mol. The van der Waals surface area contributed by atoms with Crippen molar-refractivity contribution in [2.75, 3.05) is 13.1 Å². The Kier molecular flexibility index (Phi) is 1.42. The second kappa shape index (κ2) is 2.21. The Morgan fingerprint density at radius 3 is 3.00 bits per heavy atom. The molecule has 2 N–H and O–H groups in total. The lowest BCUT2D eigenvalue weighted by atomic mass is 10.3. The molecule has 62 valence electrons. The molecule has 3 nitrogen and oxygen atoms in total. The number of rotatable bonds is 2. The van der Waals surface area contributed by atoms with Crippen molar-refractivity contribution in [3.8, 4) is 0 Å². The van der Waals surface area contributed by atoms with Crippen molar-refractivity contribution in [2.45, 2.75) is 19.4 Å². The van der Waals surface area contributed by atoms with Crippen LogP contribution in [0.3, 0.4) is 0 Å². The molecule has 11 heavy (non-hydrogen) atoms. The number of hydrogen-bond acceptors (Lipinski definition) is 2. The molecule has 2 aliphatic rings. The van der Waals surface area contributed by atoms with E-state index < -0.39 is 0 Å². The first-order chi connectivity index (χ1) is 5.18. The summed E-state index contributed by atoms with van der Waals surface area (Å²) in [6.07, 6.45) is 1.13. The van der Waals surface area contributed by atoms with Gasteiger partial charge in [0.1, 0.15) is 0 Å². The molecule has 1 saturated heterocycles. The zero-order valence-corrected chi connectivity index (χ0v) is 6.79.